The lowest BCUT2D eigenvalue weighted by Crippen LogP contribution is -2.27. The summed E-state index contributed by atoms with van der Waals surface area (Å²) in [6.45, 7) is 3.33. The van der Waals surface area contributed by atoms with Crippen LogP contribution in [0.4, 0.5) is 14.6 Å². The molecule has 0 saturated heterocycles. The lowest BCUT2D eigenvalue weighted by atomic mass is 9.92. The Morgan fingerprint density at radius 2 is 2.00 bits per heavy atom. The van der Waals surface area contributed by atoms with Gasteiger partial charge in [0, 0.05) is 18.7 Å². The van der Waals surface area contributed by atoms with E-state index in [2.05, 4.69) is 15.0 Å². The number of hydrogen-bond acceptors (Lipinski definition) is 6. The standard InChI is InChI=1S/C23H20F2N4O4S.ClH/c1-13(16-4-2-3-14-7-8-26-12-17(14)16)29-19-9-18(25)21(10-20(19)33-23(29)30)34(31,32)28-22-6-5-15(24)11-27-22;/h2-6,9-11,13,26H,7-8,12H2,1H3,(H,27,28);1H. The fourth-order valence-corrected chi connectivity index (χ4v) is 5.39. The lowest BCUT2D eigenvalue weighted by molar-refractivity contribution is 0.486. The van der Waals surface area contributed by atoms with Crippen molar-refractivity contribution in [1.82, 2.24) is 14.9 Å². The van der Waals surface area contributed by atoms with Gasteiger partial charge in [0.15, 0.2) is 5.58 Å². The van der Waals surface area contributed by atoms with E-state index in [1.165, 1.54) is 10.1 Å². The zero-order valence-electron chi connectivity index (χ0n) is 18.4. The van der Waals surface area contributed by atoms with E-state index >= 15 is 4.39 Å². The van der Waals surface area contributed by atoms with Gasteiger partial charge >= 0.3 is 5.76 Å². The molecule has 0 radical (unpaired) electrons. The average Bonchev–Trinajstić information content (AvgIpc) is 3.13. The largest absolute Gasteiger partial charge is 0.420 e. The Balaban J connectivity index is 0.00000289. The summed E-state index contributed by atoms with van der Waals surface area (Å²) >= 11 is 0. The quantitative estimate of drug-likeness (QED) is 0.413. The van der Waals surface area contributed by atoms with Crippen LogP contribution < -0.4 is 15.8 Å². The molecule has 1 aliphatic rings. The molecule has 1 atom stereocenters. The predicted molar refractivity (Wildman–Crippen MR) is 128 cm³/mol. The Morgan fingerprint density at radius 1 is 1.20 bits per heavy atom. The number of pyridine rings is 1. The summed E-state index contributed by atoms with van der Waals surface area (Å²) in [5.41, 5.74) is 3.22. The van der Waals surface area contributed by atoms with Crippen molar-refractivity contribution in [3.63, 3.8) is 0 Å². The summed E-state index contributed by atoms with van der Waals surface area (Å²) in [6, 6.07) is 9.45. The molecule has 3 heterocycles. The van der Waals surface area contributed by atoms with Gasteiger partial charge in [-0.05, 0) is 48.7 Å². The zero-order chi connectivity index (χ0) is 24.0. The number of halogens is 3. The molecule has 5 rings (SSSR count). The van der Waals surface area contributed by atoms with Gasteiger partial charge in [-0.1, -0.05) is 18.2 Å². The third kappa shape index (κ3) is 4.54. The highest BCUT2D eigenvalue weighted by molar-refractivity contribution is 7.92. The third-order valence-corrected chi connectivity index (χ3v) is 7.31. The Labute approximate surface area is 205 Å². The molecule has 0 amide bonds. The fourth-order valence-electron chi connectivity index (χ4n) is 4.31. The maximum atomic E-state index is 15.0. The topological polar surface area (TPSA) is 106 Å². The van der Waals surface area contributed by atoms with E-state index in [4.69, 9.17) is 4.42 Å². The van der Waals surface area contributed by atoms with Crippen molar-refractivity contribution in [3.8, 4) is 0 Å². The smallest absolute Gasteiger partial charge is 0.408 e. The van der Waals surface area contributed by atoms with Crippen molar-refractivity contribution < 1.29 is 21.6 Å². The summed E-state index contributed by atoms with van der Waals surface area (Å²) in [6.07, 6.45) is 1.69. The van der Waals surface area contributed by atoms with E-state index in [1.807, 2.05) is 25.1 Å². The fraction of sp³-hybridized carbons (Fsp3) is 0.217. The third-order valence-electron chi connectivity index (χ3n) is 5.94. The SMILES string of the molecule is CC(c1cccc2c1CNCC2)n1c(=O)oc2cc(S(=O)(=O)Nc3ccc(F)cn3)c(F)cc21.Cl. The molecule has 0 bridgehead atoms. The molecule has 0 saturated carbocycles. The van der Waals surface area contributed by atoms with Crippen molar-refractivity contribution in [2.24, 2.45) is 0 Å². The molecule has 0 fully saturated rings. The van der Waals surface area contributed by atoms with E-state index in [-0.39, 0.29) is 29.3 Å². The highest BCUT2D eigenvalue weighted by Gasteiger charge is 2.26. The molecular formula is C23H21ClF2N4O4S. The Hall–Kier alpha value is -3.28. The number of nitrogens with zero attached hydrogens (tertiary/aromatic N) is 2. The Kier molecular flexibility index (Phi) is 6.67. The van der Waals surface area contributed by atoms with Crippen molar-refractivity contribution in [2.45, 2.75) is 30.8 Å². The second-order valence-corrected chi connectivity index (χ2v) is 9.69. The highest BCUT2D eigenvalue weighted by Crippen LogP contribution is 2.30. The molecular weight excluding hydrogens is 502 g/mol. The molecule has 35 heavy (non-hydrogen) atoms. The molecule has 2 N–H and O–H groups in total. The number of anilines is 1. The molecule has 8 nitrogen and oxygen atoms in total. The minimum Gasteiger partial charge on any atom is -0.408 e. The normalized spacial score (nSPS) is 14.3. The van der Waals surface area contributed by atoms with Crippen LogP contribution >= 0.6 is 12.4 Å². The van der Waals surface area contributed by atoms with Crippen LogP contribution in [0, 0.1) is 11.6 Å². The summed E-state index contributed by atoms with van der Waals surface area (Å²) in [7, 11) is -4.43. The lowest BCUT2D eigenvalue weighted by Gasteiger charge is -2.24. The van der Waals surface area contributed by atoms with Crippen LogP contribution in [0.15, 0.2) is 62.8 Å². The first-order chi connectivity index (χ1) is 16.2. The van der Waals surface area contributed by atoms with Gasteiger partial charge in [0.05, 0.1) is 17.8 Å². The first kappa shape index (κ1) is 24.8. The van der Waals surface area contributed by atoms with Crippen molar-refractivity contribution in [2.75, 3.05) is 11.3 Å². The van der Waals surface area contributed by atoms with E-state index in [0.29, 0.717) is 6.54 Å². The van der Waals surface area contributed by atoms with E-state index in [1.54, 1.807) is 0 Å². The summed E-state index contributed by atoms with van der Waals surface area (Å²) < 4.78 is 62.3. The van der Waals surface area contributed by atoms with E-state index < -0.39 is 38.4 Å². The van der Waals surface area contributed by atoms with Gasteiger partial charge in [-0.15, -0.1) is 12.4 Å². The van der Waals surface area contributed by atoms with Crippen LogP contribution in [-0.2, 0) is 23.0 Å². The molecule has 12 heteroatoms. The molecule has 0 spiro atoms. The summed E-state index contributed by atoms with van der Waals surface area (Å²) in [5, 5.41) is 3.32. The first-order valence-electron chi connectivity index (χ1n) is 10.5. The van der Waals surface area contributed by atoms with Gasteiger partial charge in [0.1, 0.15) is 22.3 Å². The van der Waals surface area contributed by atoms with E-state index in [0.717, 1.165) is 54.6 Å². The molecule has 1 unspecified atom stereocenters. The van der Waals surface area contributed by atoms with Gasteiger partial charge in [0.25, 0.3) is 10.0 Å². The molecule has 184 valence electrons. The van der Waals surface area contributed by atoms with Crippen LogP contribution in [0.25, 0.3) is 11.1 Å². The monoisotopic (exact) mass is 522 g/mol. The maximum absolute atomic E-state index is 15.0. The summed E-state index contributed by atoms with van der Waals surface area (Å²) in [5.74, 6) is -2.63. The number of oxazole rings is 1. The zero-order valence-corrected chi connectivity index (χ0v) is 20.1. The minimum atomic E-state index is -4.43. The second-order valence-electron chi connectivity index (χ2n) is 8.04. The number of nitrogens with one attached hydrogen (secondary N) is 2. The van der Waals surface area contributed by atoms with Gasteiger partial charge in [-0.25, -0.2) is 27.0 Å². The van der Waals surface area contributed by atoms with Crippen molar-refractivity contribution in [3.05, 3.63) is 87.5 Å². The van der Waals surface area contributed by atoms with Gasteiger partial charge in [0.2, 0.25) is 0 Å². The average molecular weight is 523 g/mol. The highest BCUT2D eigenvalue weighted by atomic mass is 35.5. The van der Waals surface area contributed by atoms with Crippen molar-refractivity contribution in [1.29, 1.82) is 0 Å². The van der Waals surface area contributed by atoms with Crippen LogP contribution in [0.2, 0.25) is 0 Å². The van der Waals surface area contributed by atoms with Crippen LogP contribution in [-0.4, -0.2) is 24.5 Å². The van der Waals surface area contributed by atoms with Crippen LogP contribution in [0.5, 0.6) is 0 Å². The van der Waals surface area contributed by atoms with Gasteiger partial charge in [-0.2, -0.15) is 0 Å². The summed E-state index contributed by atoms with van der Waals surface area (Å²) in [4.78, 5) is 15.7. The number of benzene rings is 2. The number of fused-ring (bicyclic) bond motifs is 2. The Morgan fingerprint density at radius 3 is 2.74 bits per heavy atom. The Bertz CT molecular complexity index is 1570. The van der Waals surface area contributed by atoms with Gasteiger partial charge < -0.3 is 9.73 Å². The van der Waals surface area contributed by atoms with Crippen LogP contribution in [0.1, 0.15) is 29.7 Å². The molecule has 4 aromatic rings. The number of rotatable bonds is 5. The second kappa shape index (κ2) is 9.40. The number of hydrogen-bond donors (Lipinski definition) is 2. The van der Waals surface area contributed by atoms with E-state index in [9.17, 15) is 17.6 Å². The van der Waals surface area contributed by atoms with Gasteiger partial charge in [-0.3, -0.25) is 9.29 Å². The number of aromatic nitrogens is 2. The predicted octanol–water partition coefficient (Wildman–Crippen LogP) is 3.75. The molecule has 2 aromatic heterocycles. The van der Waals surface area contributed by atoms with Crippen LogP contribution in [0.3, 0.4) is 0 Å². The first-order valence-corrected chi connectivity index (χ1v) is 12.0. The van der Waals surface area contributed by atoms with Crippen molar-refractivity contribution >= 4 is 39.3 Å². The molecule has 0 aliphatic carbocycles. The molecule has 2 aromatic carbocycles. The molecule has 1 aliphatic heterocycles. The number of sulfonamides is 1. The maximum Gasteiger partial charge on any atom is 0.420 e. The minimum absolute atomic E-state index is 0.